The third-order valence-electron chi connectivity index (χ3n) is 6.49. The minimum absolute atomic E-state index is 0.103. The number of nitrogens with zero attached hydrogens (tertiary/aromatic N) is 3. The van der Waals surface area contributed by atoms with Gasteiger partial charge in [0.1, 0.15) is 5.70 Å². The van der Waals surface area contributed by atoms with Crippen LogP contribution in [0.3, 0.4) is 0 Å². The quantitative estimate of drug-likeness (QED) is 0.148. The Balaban J connectivity index is 1.76. The molecule has 0 radical (unpaired) electrons. The van der Waals surface area contributed by atoms with Crippen molar-refractivity contribution in [1.82, 2.24) is 10.7 Å². The first-order chi connectivity index (χ1) is 19.5. The highest BCUT2D eigenvalue weighted by Crippen LogP contribution is 2.17. The Kier molecular flexibility index (Phi) is 12.0. The molecule has 0 atom stereocenters. The number of hydrogen-bond donors (Lipinski definition) is 2. The molecule has 0 spiro atoms. The molecule has 3 rings (SSSR count). The first-order valence-electron chi connectivity index (χ1n) is 14.1. The predicted octanol–water partition coefficient (Wildman–Crippen LogP) is 6.08. The molecule has 0 aromatic heterocycles. The van der Waals surface area contributed by atoms with Crippen LogP contribution in [0.4, 0.5) is 11.4 Å². The third-order valence-corrected chi connectivity index (χ3v) is 6.49. The second-order valence-electron chi connectivity index (χ2n) is 9.42. The van der Waals surface area contributed by atoms with Gasteiger partial charge in [0.25, 0.3) is 11.8 Å². The standard InChI is InChI=1S/C33H41N5O2/c1-5-22-38(23-6-2)30-20-16-27(17-21-30)25-34-36-33(40)31(35-32(39)28-12-10-9-11-13-28)24-26-14-18-29(19-15-26)37(7-3)8-4/h9-21,24-25H,5-8,22-23H2,1-4H3,(H,35,39)(H,36,40)/b31-24?,34-25-. The summed E-state index contributed by atoms with van der Waals surface area (Å²) in [7, 11) is 0. The molecule has 0 heterocycles. The lowest BCUT2D eigenvalue weighted by Crippen LogP contribution is -2.32. The van der Waals surface area contributed by atoms with Gasteiger partial charge in [-0.05, 0) is 80.3 Å². The maximum absolute atomic E-state index is 13.1. The van der Waals surface area contributed by atoms with Crippen LogP contribution >= 0.6 is 0 Å². The van der Waals surface area contributed by atoms with Crippen molar-refractivity contribution in [3.05, 3.63) is 101 Å². The molecule has 3 aromatic carbocycles. The lowest BCUT2D eigenvalue weighted by Gasteiger charge is -2.23. The van der Waals surface area contributed by atoms with Crippen LogP contribution in [0.15, 0.2) is 89.7 Å². The van der Waals surface area contributed by atoms with Gasteiger partial charge in [-0.25, -0.2) is 5.43 Å². The molecule has 0 saturated heterocycles. The molecule has 2 N–H and O–H groups in total. The monoisotopic (exact) mass is 539 g/mol. The van der Waals surface area contributed by atoms with Crippen molar-refractivity contribution in [2.75, 3.05) is 36.0 Å². The number of benzene rings is 3. The van der Waals surface area contributed by atoms with Gasteiger partial charge in [-0.1, -0.05) is 56.3 Å². The topological polar surface area (TPSA) is 77.0 Å². The average Bonchev–Trinajstić information content (AvgIpc) is 2.99. The van der Waals surface area contributed by atoms with Crippen LogP contribution in [0.5, 0.6) is 0 Å². The zero-order valence-corrected chi connectivity index (χ0v) is 24.1. The van der Waals surface area contributed by atoms with E-state index in [9.17, 15) is 9.59 Å². The highest BCUT2D eigenvalue weighted by molar-refractivity contribution is 6.05. The molecule has 2 amide bonds. The summed E-state index contributed by atoms with van der Waals surface area (Å²) in [6, 6.07) is 24.8. The molecule has 0 aliphatic carbocycles. The Hall–Kier alpha value is -4.39. The molecule has 0 aliphatic heterocycles. The SMILES string of the molecule is CCCN(CCC)c1ccc(/C=N\NC(=O)C(=Cc2ccc(N(CC)CC)cc2)NC(=O)c2ccccc2)cc1. The van der Waals surface area contributed by atoms with E-state index in [0.29, 0.717) is 5.56 Å². The van der Waals surface area contributed by atoms with Crippen molar-refractivity contribution < 1.29 is 9.59 Å². The van der Waals surface area contributed by atoms with E-state index in [-0.39, 0.29) is 11.6 Å². The van der Waals surface area contributed by atoms with E-state index in [0.717, 1.165) is 55.8 Å². The minimum Gasteiger partial charge on any atom is -0.372 e. The van der Waals surface area contributed by atoms with Crippen molar-refractivity contribution in [2.45, 2.75) is 40.5 Å². The number of nitrogens with one attached hydrogen (secondary N) is 2. The number of carbonyl (C=O) groups excluding carboxylic acids is 2. The number of hydrazone groups is 1. The average molecular weight is 540 g/mol. The molecule has 210 valence electrons. The van der Waals surface area contributed by atoms with Gasteiger partial charge in [0.2, 0.25) is 0 Å². The van der Waals surface area contributed by atoms with Crippen LogP contribution < -0.4 is 20.5 Å². The van der Waals surface area contributed by atoms with Gasteiger partial charge in [-0.2, -0.15) is 5.10 Å². The Labute approximate surface area is 238 Å². The number of carbonyl (C=O) groups is 2. The lowest BCUT2D eigenvalue weighted by atomic mass is 10.1. The van der Waals surface area contributed by atoms with E-state index < -0.39 is 5.91 Å². The molecule has 0 saturated carbocycles. The number of rotatable bonds is 14. The minimum atomic E-state index is -0.512. The van der Waals surface area contributed by atoms with Gasteiger partial charge in [-0.15, -0.1) is 0 Å². The van der Waals surface area contributed by atoms with E-state index in [1.165, 1.54) is 5.69 Å². The van der Waals surface area contributed by atoms with E-state index in [1.54, 1.807) is 36.6 Å². The van der Waals surface area contributed by atoms with Gasteiger partial charge >= 0.3 is 0 Å². The van der Waals surface area contributed by atoms with Crippen LogP contribution in [0.25, 0.3) is 6.08 Å². The van der Waals surface area contributed by atoms with Gasteiger partial charge in [0, 0.05) is 43.1 Å². The maximum Gasteiger partial charge on any atom is 0.287 e. The van der Waals surface area contributed by atoms with Gasteiger partial charge in [0.15, 0.2) is 0 Å². The summed E-state index contributed by atoms with van der Waals surface area (Å²) in [6.45, 7) is 12.4. The van der Waals surface area contributed by atoms with Crippen LogP contribution in [0.2, 0.25) is 0 Å². The van der Waals surface area contributed by atoms with Crippen LogP contribution in [0.1, 0.15) is 62.0 Å². The number of hydrogen-bond acceptors (Lipinski definition) is 5. The van der Waals surface area contributed by atoms with E-state index in [2.05, 4.69) is 65.5 Å². The first kappa shape index (κ1) is 30.2. The highest BCUT2D eigenvalue weighted by Gasteiger charge is 2.14. The molecule has 7 nitrogen and oxygen atoms in total. The van der Waals surface area contributed by atoms with Crippen LogP contribution in [-0.4, -0.2) is 44.2 Å². The smallest absolute Gasteiger partial charge is 0.287 e. The first-order valence-corrected chi connectivity index (χ1v) is 14.1. The highest BCUT2D eigenvalue weighted by atomic mass is 16.2. The molecule has 0 fully saturated rings. The van der Waals surface area contributed by atoms with Crippen LogP contribution in [0, 0.1) is 0 Å². The van der Waals surface area contributed by atoms with E-state index in [4.69, 9.17) is 0 Å². The molecule has 7 heteroatoms. The third kappa shape index (κ3) is 8.83. The Bertz CT molecular complexity index is 1260. The molecule has 3 aromatic rings. The van der Waals surface area contributed by atoms with E-state index >= 15 is 0 Å². The zero-order chi connectivity index (χ0) is 28.7. The Morgan fingerprint density at radius 3 is 1.82 bits per heavy atom. The Morgan fingerprint density at radius 1 is 0.725 bits per heavy atom. The summed E-state index contributed by atoms with van der Waals surface area (Å²) in [6.07, 6.45) is 5.43. The van der Waals surface area contributed by atoms with Gasteiger partial charge < -0.3 is 15.1 Å². The summed E-state index contributed by atoms with van der Waals surface area (Å²) < 4.78 is 0. The zero-order valence-electron chi connectivity index (χ0n) is 24.1. The van der Waals surface area contributed by atoms with E-state index in [1.807, 2.05) is 42.5 Å². The summed E-state index contributed by atoms with van der Waals surface area (Å²) in [5.74, 6) is -0.882. The van der Waals surface area contributed by atoms with Crippen molar-refractivity contribution in [1.29, 1.82) is 0 Å². The Morgan fingerprint density at radius 2 is 1.27 bits per heavy atom. The second kappa shape index (κ2) is 15.9. The molecular formula is C33H41N5O2. The summed E-state index contributed by atoms with van der Waals surface area (Å²) in [5.41, 5.74) is 7.05. The second-order valence-corrected chi connectivity index (χ2v) is 9.42. The fourth-order valence-corrected chi connectivity index (χ4v) is 4.39. The predicted molar refractivity (Wildman–Crippen MR) is 167 cm³/mol. The maximum atomic E-state index is 13.1. The molecule has 0 unspecified atom stereocenters. The van der Waals surface area contributed by atoms with Crippen LogP contribution in [-0.2, 0) is 4.79 Å². The lowest BCUT2D eigenvalue weighted by molar-refractivity contribution is -0.117. The fourth-order valence-electron chi connectivity index (χ4n) is 4.39. The molecule has 0 aliphatic rings. The molecular weight excluding hydrogens is 498 g/mol. The molecule has 0 bridgehead atoms. The van der Waals surface area contributed by atoms with Gasteiger partial charge in [0.05, 0.1) is 6.21 Å². The largest absolute Gasteiger partial charge is 0.372 e. The number of amides is 2. The number of anilines is 2. The van der Waals surface area contributed by atoms with Crippen molar-refractivity contribution in [2.24, 2.45) is 5.10 Å². The summed E-state index contributed by atoms with van der Waals surface area (Å²) >= 11 is 0. The van der Waals surface area contributed by atoms with Crippen molar-refractivity contribution >= 4 is 35.5 Å². The summed E-state index contributed by atoms with van der Waals surface area (Å²) in [5, 5.41) is 6.91. The van der Waals surface area contributed by atoms with Crippen molar-refractivity contribution in [3.8, 4) is 0 Å². The fraction of sp³-hybridized carbons (Fsp3) is 0.303. The van der Waals surface area contributed by atoms with Crippen molar-refractivity contribution in [3.63, 3.8) is 0 Å². The van der Waals surface area contributed by atoms with Gasteiger partial charge in [-0.3, -0.25) is 9.59 Å². The molecule has 40 heavy (non-hydrogen) atoms. The summed E-state index contributed by atoms with van der Waals surface area (Å²) in [4.78, 5) is 30.6. The normalized spacial score (nSPS) is 11.3.